The zero-order chi connectivity index (χ0) is 10.5. The van der Waals surface area contributed by atoms with Gasteiger partial charge in [-0.2, -0.15) is 0 Å². The molecule has 15 heavy (non-hydrogen) atoms. The molecular formula is C11H19N3O. The van der Waals surface area contributed by atoms with E-state index in [4.69, 9.17) is 4.74 Å². The van der Waals surface area contributed by atoms with Crippen LogP contribution in [0.25, 0.3) is 0 Å². The van der Waals surface area contributed by atoms with Crippen molar-refractivity contribution < 1.29 is 4.74 Å². The van der Waals surface area contributed by atoms with Gasteiger partial charge in [0, 0.05) is 25.4 Å². The second kappa shape index (κ2) is 5.28. The Labute approximate surface area is 90.4 Å². The molecule has 0 spiro atoms. The molecule has 0 bridgehead atoms. The van der Waals surface area contributed by atoms with Crippen LogP contribution in [0.2, 0.25) is 0 Å². The summed E-state index contributed by atoms with van der Waals surface area (Å²) in [6.45, 7) is 5.79. The van der Waals surface area contributed by atoms with Crippen LogP contribution >= 0.6 is 0 Å². The molecule has 4 nitrogen and oxygen atoms in total. The first-order chi connectivity index (χ1) is 7.36. The van der Waals surface area contributed by atoms with Crippen LogP contribution in [-0.4, -0.2) is 29.7 Å². The van der Waals surface area contributed by atoms with Crippen LogP contribution in [0.1, 0.15) is 24.2 Å². The van der Waals surface area contributed by atoms with Crippen molar-refractivity contribution in [3.63, 3.8) is 0 Å². The van der Waals surface area contributed by atoms with E-state index in [0.29, 0.717) is 5.92 Å². The summed E-state index contributed by atoms with van der Waals surface area (Å²) in [4.78, 5) is 7.33. The molecule has 1 unspecified atom stereocenters. The lowest BCUT2D eigenvalue weighted by molar-refractivity contribution is 0.0547. The summed E-state index contributed by atoms with van der Waals surface area (Å²) in [5.41, 5.74) is 2.27. The van der Waals surface area contributed by atoms with Gasteiger partial charge in [-0.3, -0.25) is 0 Å². The molecule has 0 saturated carbocycles. The highest BCUT2D eigenvalue weighted by atomic mass is 16.5. The first-order valence-electron chi connectivity index (χ1n) is 5.63. The lowest BCUT2D eigenvalue weighted by atomic mass is 10.0. The van der Waals surface area contributed by atoms with Crippen molar-refractivity contribution in [1.29, 1.82) is 0 Å². The molecule has 2 heterocycles. The van der Waals surface area contributed by atoms with E-state index in [1.807, 2.05) is 6.92 Å². The number of aromatic nitrogens is 2. The fraction of sp³-hybridized carbons (Fsp3) is 0.727. The number of hydrogen-bond acceptors (Lipinski definition) is 3. The van der Waals surface area contributed by atoms with Gasteiger partial charge in [0.15, 0.2) is 0 Å². The number of ether oxygens (including phenoxy) is 1. The van der Waals surface area contributed by atoms with Gasteiger partial charge >= 0.3 is 0 Å². The Morgan fingerprint density at radius 2 is 2.60 bits per heavy atom. The zero-order valence-corrected chi connectivity index (χ0v) is 9.25. The Kier molecular flexibility index (Phi) is 3.75. The Morgan fingerprint density at radius 1 is 1.67 bits per heavy atom. The van der Waals surface area contributed by atoms with Gasteiger partial charge in [0.2, 0.25) is 0 Å². The van der Waals surface area contributed by atoms with E-state index in [1.54, 1.807) is 6.33 Å². The van der Waals surface area contributed by atoms with Crippen LogP contribution in [0.5, 0.6) is 0 Å². The topological polar surface area (TPSA) is 49.9 Å². The molecule has 1 atom stereocenters. The SMILES string of the molecule is Cc1[nH]cnc1CNCC1CCCOC1. The van der Waals surface area contributed by atoms with Crippen LogP contribution in [0.15, 0.2) is 6.33 Å². The molecule has 1 aliphatic rings. The summed E-state index contributed by atoms with van der Waals surface area (Å²) >= 11 is 0. The van der Waals surface area contributed by atoms with Crippen molar-refractivity contribution in [3.8, 4) is 0 Å². The Bertz CT molecular complexity index is 292. The van der Waals surface area contributed by atoms with Crippen molar-refractivity contribution in [1.82, 2.24) is 15.3 Å². The molecule has 2 rings (SSSR count). The van der Waals surface area contributed by atoms with Crippen molar-refractivity contribution in [3.05, 3.63) is 17.7 Å². The molecule has 0 amide bonds. The van der Waals surface area contributed by atoms with Crippen molar-refractivity contribution in [2.45, 2.75) is 26.3 Å². The van der Waals surface area contributed by atoms with Gasteiger partial charge < -0.3 is 15.0 Å². The quantitative estimate of drug-likeness (QED) is 0.784. The van der Waals surface area contributed by atoms with E-state index < -0.39 is 0 Å². The predicted molar refractivity (Wildman–Crippen MR) is 58.6 cm³/mol. The lowest BCUT2D eigenvalue weighted by Gasteiger charge is -2.22. The molecule has 2 N–H and O–H groups in total. The fourth-order valence-corrected chi connectivity index (χ4v) is 1.93. The normalized spacial score (nSPS) is 21.8. The smallest absolute Gasteiger partial charge is 0.0925 e. The molecule has 1 aromatic rings. The van der Waals surface area contributed by atoms with Gasteiger partial charge in [0.1, 0.15) is 0 Å². The van der Waals surface area contributed by atoms with E-state index in [0.717, 1.165) is 37.7 Å². The minimum absolute atomic E-state index is 0.679. The minimum Gasteiger partial charge on any atom is -0.381 e. The number of aryl methyl sites for hydroxylation is 1. The van der Waals surface area contributed by atoms with Crippen molar-refractivity contribution in [2.75, 3.05) is 19.8 Å². The van der Waals surface area contributed by atoms with E-state index in [9.17, 15) is 0 Å². The molecule has 4 heteroatoms. The average molecular weight is 209 g/mol. The first kappa shape index (κ1) is 10.6. The minimum atomic E-state index is 0.679. The van der Waals surface area contributed by atoms with Gasteiger partial charge in [-0.05, 0) is 25.7 Å². The largest absolute Gasteiger partial charge is 0.381 e. The van der Waals surface area contributed by atoms with Crippen LogP contribution in [0.3, 0.4) is 0 Å². The summed E-state index contributed by atoms with van der Waals surface area (Å²) in [6.07, 6.45) is 4.23. The second-order valence-corrected chi connectivity index (χ2v) is 4.19. The first-order valence-corrected chi connectivity index (χ1v) is 5.63. The van der Waals surface area contributed by atoms with Gasteiger partial charge in [0.25, 0.3) is 0 Å². The number of nitrogens with one attached hydrogen (secondary N) is 2. The number of rotatable bonds is 4. The highest BCUT2D eigenvalue weighted by Crippen LogP contribution is 2.12. The van der Waals surface area contributed by atoms with Crippen LogP contribution < -0.4 is 5.32 Å². The summed E-state index contributed by atoms with van der Waals surface area (Å²) in [5, 5.41) is 3.44. The maximum atomic E-state index is 5.43. The molecule has 1 aromatic heterocycles. The third-order valence-electron chi connectivity index (χ3n) is 2.91. The van der Waals surface area contributed by atoms with Crippen molar-refractivity contribution in [2.24, 2.45) is 5.92 Å². The van der Waals surface area contributed by atoms with E-state index in [1.165, 1.54) is 12.8 Å². The molecule has 0 aromatic carbocycles. The van der Waals surface area contributed by atoms with Gasteiger partial charge in [-0.25, -0.2) is 4.98 Å². The summed E-state index contributed by atoms with van der Waals surface area (Å²) < 4.78 is 5.43. The number of H-pyrrole nitrogens is 1. The molecular weight excluding hydrogens is 190 g/mol. The number of hydrogen-bond donors (Lipinski definition) is 2. The van der Waals surface area contributed by atoms with E-state index in [-0.39, 0.29) is 0 Å². The highest BCUT2D eigenvalue weighted by molar-refractivity contribution is 5.07. The van der Waals surface area contributed by atoms with Crippen LogP contribution in [0, 0.1) is 12.8 Å². The molecule has 1 aliphatic heterocycles. The lowest BCUT2D eigenvalue weighted by Crippen LogP contribution is -2.29. The maximum absolute atomic E-state index is 5.43. The highest BCUT2D eigenvalue weighted by Gasteiger charge is 2.13. The summed E-state index contributed by atoms with van der Waals surface area (Å²) in [5.74, 6) is 0.679. The Morgan fingerprint density at radius 3 is 3.27 bits per heavy atom. The Balaban J connectivity index is 1.68. The zero-order valence-electron chi connectivity index (χ0n) is 9.25. The predicted octanol–water partition coefficient (Wildman–Crippen LogP) is 1.23. The molecule has 1 fully saturated rings. The maximum Gasteiger partial charge on any atom is 0.0925 e. The Hall–Kier alpha value is -0.870. The summed E-state index contributed by atoms with van der Waals surface area (Å²) in [7, 11) is 0. The molecule has 0 aliphatic carbocycles. The van der Waals surface area contributed by atoms with Gasteiger partial charge in [-0.15, -0.1) is 0 Å². The van der Waals surface area contributed by atoms with E-state index in [2.05, 4.69) is 15.3 Å². The fourth-order valence-electron chi connectivity index (χ4n) is 1.93. The molecule has 1 saturated heterocycles. The molecule has 84 valence electrons. The molecule has 0 radical (unpaired) electrons. The van der Waals surface area contributed by atoms with Crippen molar-refractivity contribution >= 4 is 0 Å². The van der Waals surface area contributed by atoms with E-state index >= 15 is 0 Å². The van der Waals surface area contributed by atoms with Gasteiger partial charge in [0.05, 0.1) is 18.6 Å². The second-order valence-electron chi connectivity index (χ2n) is 4.19. The van der Waals surface area contributed by atoms with Gasteiger partial charge in [-0.1, -0.05) is 0 Å². The average Bonchev–Trinajstić information content (AvgIpc) is 2.66. The van der Waals surface area contributed by atoms with Crippen LogP contribution in [-0.2, 0) is 11.3 Å². The third kappa shape index (κ3) is 3.04. The number of imidazole rings is 1. The summed E-state index contributed by atoms with van der Waals surface area (Å²) in [6, 6.07) is 0. The number of nitrogens with zero attached hydrogens (tertiary/aromatic N) is 1. The third-order valence-corrected chi connectivity index (χ3v) is 2.91. The number of aromatic amines is 1. The standard InChI is InChI=1S/C11H19N3O/c1-9-11(14-8-13-9)6-12-5-10-3-2-4-15-7-10/h8,10,12H,2-7H2,1H3,(H,13,14). The monoisotopic (exact) mass is 209 g/mol. The van der Waals surface area contributed by atoms with Crippen LogP contribution in [0.4, 0.5) is 0 Å².